The molecular weight excluding hydrogens is 256 g/mol. The van der Waals surface area contributed by atoms with Crippen molar-refractivity contribution in [2.75, 3.05) is 0 Å². The van der Waals surface area contributed by atoms with Gasteiger partial charge in [-0.05, 0) is 12.1 Å². The van der Waals surface area contributed by atoms with E-state index in [0.717, 1.165) is 0 Å². The minimum absolute atomic E-state index is 0.0103. The molecule has 2 aromatic carbocycles. The topological polar surface area (TPSA) is 83.8 Å². The van der Waals surface area contributed by atoms with Crippen LogP contribution in [0.4, 0.5) is 0 Å². The molecule has 0 amide bonds. The van der Waals surface area contributed by atoms with Crippen molar-refractivity contribution in [1.82, 2.24) is 0 Å². The lowest BCUT2D eigenvalue weighted by Gasteiger charge is -2.09. The average molecular weight is 266 g/mol. The Kier molecular flexibility index (Phi) is 3.22. The second-order valence-corrected chi connectivity index (χ2v) is 4.55. The molecule has 0 aliphatic rings. The second kappa shape index (κ2) is 4.67. The van der Waals surface area contributed by atoms with Gasteiger partial charge >= 0.3 is 10.4 Å². The number of phenols is 1. The van der Waals surface area contributed by atoms with Gasteiger partial charge in [-0.1, -0.05) is 36.4 Å². The third-order valence-electron chi connectivity index (χ3n) is 2.28. The molecule has 0 aromatic heterocycles. The van der Waals surface area contributed by atoms with E-state index in [1.165, 1.54) is 12.1 Å². The van der Waals surface area contributed by atoms with E-state index in [0.29, 0.717) is 11.1 Å². The van der Waals surface area contributed by atoms with Gasteiger partial charge in [-0.3, -0.25) is 4.55 Å². The number of benzene rings is 2. The molecule has 0 aliphatic heterocycles. The number of aromatic hydroxyl groups is 1. The summed E-state index contributed by atoms with van der Waals surface area (Å²) in [4.78, 5) is 0. The molecule has 0 radical (unpaired) electrons. The summed E-state index contributed by atoms with van der Waals surface area (Å²) in [6, 6.07) is 12.6. The van der Waals surface area contributed by atoms with Crippen LogP contribution < -0.4 is 4.18 Å². The van der Waals surface area contributed by atoms with E-state index in [4.69, 9.17) is 4.55 Å². The Morgan fingerprint density at radius 2 is 1.44 bits per heavy atom. The Morgan fingerprint density at radius 3 is 2.06 bits per heavy atom. The van der Waals surface area contributed by atoms with Crippen molar-refractivity contribution in [3.8, 4) is 22.6 Å². The van der Waals surface area contributed by atoms with Crippen molar-refractivity contribution in [3.63, 3.8) is 0 Å². The molecule has 0 atom stereocenters. The van der Waals surface area contributed by atoms with Gasteiger partial charge in [-0.2, -0.15) is 8.42 Å². The molecule has 0 saturated carbocycles. The maximum atomic E-state index is 10.7. The van der Waals surface area contributed by atoms with Crippen molar-refractivity contribution in [2.24, 2.45) is 0 Å². The van der Waals surface area contributed by atoms with Gasteiger partial charge in [0.25, 0.3) is 0 Å². The van der Waals surface area contributed by atoms with Crippen molar-refractivity contribution in [3.05, 3.63) is 48.5 Å². The van der Waals surface area contributed by atoms with Crippen LogP contribution in [0.2, 0.25) is 0 Å². The molecule has 2 rings (SSSR count). The summed E-state index contributed by atoms with van der Waals surface area (Å²) >= 11 is 0. The largest absolute Gasteiger partial charge is 0.507 e. The highest BCUT2D eigenvalue weighted by Crippen LogP contribution is 2.35. The highest BCUT2D eigenvalue weighted by Gasteiger charge is 2.14. The molecule has 0 spiro atoms. The first-order valence-corrected chi connectivity index (χ1v) is 6.38. The fraction of sp³-hybridized carbons (Fsp3) is 0. The van der Waals surface area contributed by atoms with Crippen LogP contribution in [0.5, 0.6) is 11.5 Å². The maximum absolute atomic E-state index is 10.7. The van der Waals surface area contributed by atoms with Crippen molar-refractivity contribution in [2.45, 2.75) is 0 Å². The predicted molar refractivity (Wildman–Crippen MR) is 65.7 cm³/mol. The van der Waals surface area contributed by atoms with E-state index in [9.17, 15) is 13.5 Å². The monoisotopic (exact) mass is 266 g/mol. The lowest BCUT2D eigenvalue weighted by Crippen LogP contribution is -2.07. The SMILES string of the molecule is O=S(=O)(O)Oc1ccccc1-c1ccccc1O. The number of para-hydroxylation sites is 2. The predicted octanol–water partition coefficient (Wildman–Crippen LogP) is 2.24. The van der Waals surface area contributed by atoms with Gasteiger partial charge in [0, 0.05) is 11.1 Å². The number of hydrogen-bond donors (Lipinski definition) is 2. The maximum Gasteiger partial charge on any atom is 0.446 e. The fourth-order valence-corrected chi connectivity index (χ4v) is 1.95. The third-order valence-corrected chi connectivity index (χ3v) is 2.67. The van der Waals surface area contributed by atoms with Crippen LogP contribution in [0.25, 0.3) is 11.1 Å². The van der Waals surface area contributed by atoms with Gasteiger partial charge in [-0.15, -0.1) is 0 Å². The van der Waals surface area contributed by atoms with E-state index < -0.39 is 10.4 Å². The third kappa shape index (κ3) is 2.79. The number of rotatable bonds is 3. The summed E-state index contributed by atoms with van der Waals surface area (Å²) in [5, 5.41) is 9.72. The highest BCUT2D eigenvalue weighted by atomic mass is 32.3. The van der Waals surface area contributed by atoms with Crippen LogP contribution >= 0.6 is 0 Å². The smallest absolute Gasteiger partial charge is 0.446 e. The first-order valence-electron chi connectivity index (χ1n) is 5.02. The molecule has 2 aromatic rings. The van der Waals surface area contributed by atoms with Gasteiger partial charge < -0.3 is 9.29 Å². The van der Waals surface area contributed by atoms with Crippen LogP contribution in [0, 0.1) is 0 Å². The van der Waals surface area contributed by atoms with E-state index in [2.05, 4.69) is 4.18 Å². The molecular formula is C12H10O5S. The summed E-state index contributed by atoms with van der Waals surface area (Å²) in [6.45, 7) is 0. The molecule has 94 valence electrons. The van der Waals surface area contributed by atoms with Crippen molar-refractivity contribution < 1.29 is 22.3 Å². The molecule has 18 heavy (non-hydrogen) atoms. The van der Waals surface area contributed by atoms with Crippen LogP contribution in [0.1, 0.15) is 0 Å². The summed E-state index contributed by atoms with van der Waals surface area (Å²) in [5.74, 6) is -0.0645. The second-order valence-electron chi connectivity index (χ2n) is 3.52. The molecule has 2 N–H and O–H groups in total. The minimum Gasteiger partial charge on any atom is -0.507 e. The Bertz CT molecular complexity index is 664. The summed E-state index contributed by atoms with van der Waals surface area (Å²) in [7, 11) is -4.60. The summed E-state index contributed by atoms with van der Waals surface area (Å²) < 4.78 is 34.6. The standard InChI is InChI=1S/C12H10O5S/c13-11-7-3-1-5-9(11)10-6-2-4-8-12(10)17-18(14,15)16/h1-8,13H,(H,14,15,16). The summed E-state index contributed by atoms with van der Waals surface area (Å²) in [6.07, 6.45) is 0. The van der Waals surface area contributed by atoms with Crippen LogP contribution in [-0.4, -0.2) is 18.1 Å². The minimum atomic E-state index is -4.60. The molecule has 0 bridgehead atoms. The normalized spacial score (nSPS) is 11.2. The zero-order valence-electron chi connectivity index (χ0n) is 9.15. The number of hydrogen-bond acceptors (Lipinski definition) is 4. The first kappa shape index (κ1) is 12.4. The van der Waals surface area contributed by atoms with Crippen LogP contribution in [0.3, 0.4) is 0 Å². The lowest BCUT2D eigenvalue weighted by molar-refractivity contribution is 0.387. The average Bonchev–Trinajstić information content (AvgIpc) is 2.29. The highest BCUT2D eigenvalue weighted by molar-refractivity contribution is 7.81. The van der Waals surface area contributed by atoms with Gasteiger partial charge in [0.05, 0.1) is 0 Å². The van der Waals surface area contributed by atoms with Crippen molar-refractivity contribution in [1.29, 1.82) is 0 Å². The van der Waals surface area contributed by atoms with Gasteiger partial charge in [0.2, 0.25) is 0 Å². The molecule has 0 fully saturated rings. The van der Waals surface area contributed by atoms with Crippen LogP contribution in [0.15, 0.2) is 48.5 Å². The van der Waals surface area contributed by atoms with Gasteiger partial charge in [0.15, 0.2) is 5.75 Å². The Balaban J connectivity index is 2.56. The van der Waals surface area contributed by atoms with E-state index >= 15 is 0 Å². The zero-order chi connectivity index (χ0) is 13.2. The van der Waals surface area contributed by atoms with Gasteiger partial charge in [-0.25, -0.2) is 0 Å². The van der Waals surface area contributed by atoms with E-state index in [1.54, 1.807) is 36.4 Å². The Hall–Kier alpha value is -2.05. The Labute approximate surface area is 104 Å². The molecule has 0 aliphatic carbocycles. The van der Waals surface area contributed by atoms with E-state index in [1.807, 2.05) is 0 Å². The molecule has 0 saturated heterocycles. The summed E-state index contributed by atoms with van der Waals surface area (Å²) in [5.41, 5.74) is 0.782. The van der Waals surface area contributed by atoms with Crippen molar-refractivity contribution >= 4 is 10.4 Å². The number of phenolic OH excluding ortho intramolecular Hbond substituents is 1. The molecule has 6 heteroatoms. The molecule has 5 nitrogen and oxygen atoms in total. The quantitative estimate of drug-likeness (QED) is 0.832. The fourth-order valence-electron chi connectivity index (χ4n) is 1.58. The first-order chi connectivity index (χ1) is 8.47. The lowest BCUT2D eigenvalue weighted by atomic mass is 10.0. The molecule has 0 heterocycles. The molecule has 0 unspecified atom stereocenters. The van der Waals surface area contributed by atoms with E-state index in [-0.39, 0.29) is 11.5 Å². The zero-order valence-corrected chi connectivity index (χ0v) is 9.96. The van der Waals surface area contributed by atoms with Crippen LogP contribution in [-0.2, 0) is 10.4 Å². The Morgan fingerprint density at radius 1 is 0.889 bits per heavy atom. The van der Waals surface area contributed by atoms with Gasteiger partial charge in [0.1, 0.15) is 5.75 Å².